The number of carboxylic acid groups (broad SMARTS) is 1. The molecule has 0 radical (unpaired) electrons. The van der Waals surface area contributed by atoms with Crippen molar-refractivity contribution in [2.75, 3.05) is 0 Å². The summed E-state index contributed by atoms with van der Waals surface area (Å²) in [4.78, 5) is 46.6. The molecule has 0 bridgehead atoms. The van der Waals surface area contributed by atoms with Crippen LogP contribution in [0.2, 0.25) is 0 Å². The van der Waals surface area contributed by atoms with Crippen molar-refractivity contribution in [1.29, 1.82) is 0 Å². The summed E-state index contributed by atoms with van der Waals surface area (Å²) >= 11 is 0. The number of hydrogen-bond acceptors (Lipinski definition) is 6. The summed E-state index contributed by atoms with van der Waals surface area (Å²) in [5.74, 6) is -1.19. The first-order chi connectivity index (χ1) is 9.79. The predicted molar refractivity (Wildman–Crippen MR) is 70.0 cm³/mol. The van der Waals surface area contributed by atoms with Crippen molar-refractivity contribution in [2.24, 2.45) is 0 Å². The second kappa shape index (κ2) is 6.99. The maximum atomic E-state index is 12.1. The molecular formula is C11H17N3O7. The third-order valence-electron chi connectivity index (χ3n) is 2.86. The zero-order valence-electron chi connectivity index (χ0n) is 11.4. The van der Waals surface area contributed by atoms with E-state index in [-0.39, 0.29) is 26.1 Å². The van der Waals surface area contributed by atoms with Gasteiger partial charge in [-0.1, -0.05) is 0 Å². The van der Waals surface area contributed by atoms with Crippen LogP contribution in [0.3, 0.4) is 0 Å². The number of carbonyl (C=O) groups is 1. The van der Waals surface area contributed by atoms with E-state index in [0.717, 1.165) is 4.57 Å². The van der Waals surface area contributed by atoms with Gasteiger partial charge in [-0.25, -0.2) is 28.1 Å². The second-order valence-corrected chi connectivity index (χ2v) is 4.31. The standard InChI is InChI=1S/C11H17N3O7/c1-2-12-9(19)13(5-3-7(15)16)11(21)14(10(12)20)6-4-8(17)18/h7,15-16H,2-6H2,1H3,(H,17,18). The summed E-state index contributed by atoms with van der Waals surface area (Å²) in [7, 11) is 0. The van der Waals surface area contributed by atoms with Crippen LogP contribution in [0.5, 0.6) is 0 Å². The summed E-state index contributed by atoms with van der Waals surface area (Å²) in [5, 5.41) is 26.2. The lowest BCUT2D eigenvalue weighted by Gasteiger charge is -2.12. The van der Waals surface area contributed by atoms with E-state index in [1.54, 1.807) is 0 Å². The number of carboxylic acids is 1. The molecule has 1 rings (SSSR count). The Balaban J connectivity index is 3.40. The number of aromatic nitrogens is 3. The lowest BCUT2D eigenvalue weighted by molar-refractivity contribution is -0.137. The monoisotopic (exact) mass is 303 g/mol. The first-order valence-electron chi connectivity index (χ1n) is 6.32. The van der Waals surface area contributed by atoms with E-state index in [9.17, 15) is 19.2 Å². The van der Waals surface area contributed by atoms with E-state index >= 15 is 0 Å². The van der Waals surface area contributed by atoms with Crippen LogP contribution < -0.4 is 17.1 Å². The molecule has 0 aliphatic rings. The van der Waals surface area contributed by atoms with Crippen LogP contribution >= 0.6 is 0 Å². The maximum Gasteiger partial charge on any atom is 0.336 e. The van der Waals surface area contributed by atoms with Crippen LogP contribution in [0.25, 0.3) is 0 Å². The number of aliphatic hydroxyl groups is 2. The van der Waals surface area contributed by atoms with Gasteiger partial charge < -0.3 is 15.3 Å². The van der Waals surface area contributed by atoms with Gasteiger partial charge in [0.2, 0.25) is 0 Å². The molecule has 0 spiro atoms. The Morgan fingerprint density at radius 3 is 1.90 bits per heavy atom. The number of aliphatic carboxylic acids is 1. The molecule has 0 aliphatic carbocycles. The molecule has 1 aromatic heterocycles. The predicted octanol–water partition coefficient (Wildman–Crippen LogP) is -2.63. The summed E-state index contributed by atoms with van der Waals surface area (Å²) in [5.41, 5.74) is -2.70. The molecule has 10 heteroatoms. The highest BCUT2D eigenvalue weighted by molar-refractivity contribution is 5.66. The van der Waals surface area contributed by atoms with Crippen LogP contribution in [-0.2, 0) is 24.4 Å². The van der Waals surface area contributed by atoms with Crippen molar-refractivity contribution in [3.05, 3.63) is 31.5 Å². The largest absolute Gasteiger partial charge is 0.481 e. The van der Waals surface area contributed by atoms with Crippen molar-refractivity contribution in [3.8, 4) is 0 Å². The van der Waals surface area contributed by atoms with E-state index < -0.39 is 35.7 Å². The fourth-order valence-corrected chi connectivity index (χ4v) is 1.79. The highest BCUT2D eigenvalue weighted by Gasteiger charge is 2.15. The van der Waals surface area contributed by atoms with Crippen LogP contribution in [0.1, 0.15) is 19.8 Å². The van der Waals surface area contributed by atoms with Gasteiger partial charge in [0.1, 0.15) is 0 Å². The number of rotatable bonds is 7. The summed E-state index contributed by atoms with van der Waals surface area (Å²) < 4.78 is 2.13. The molecule has 0 saturated heterocycles. The van der Waals surface area contributed by atoms with Crippen LogP contribution in [0.4, 0.5) is 0 Å². The van der Waals surface area contributed by atoms with Crippen molar-refractivity contribution >= 4 is 5.97 Å². The van der Waals surface area contributed by atoms with Crippen LogP contribution in [0.15, 0.2) is 14.4 Å². The minimum Gasteiger partial charge on any atom is -0.481 e. The highest BCUT2D eigenvalue weighted by atomic mass is 16.5. The number of aliphatic hydroxyl groups excluding tert-OH is 1. The molecular weight excluding hydrogens is 286 g/mol. The van der Waals surface area contributed by atoms with E-state index in [4.69, 9.17) is 15.3 Å². The van der Waals surface area contributed by atoms with E-state index in [1.807, 2.05) is 0 Å². The average molecular weight is 303 g/mol. The van der Waals surface area contributed by atoms with Crippen molar-refractivity contribution in [3.63, 3.8) is 0 Å². The normalized spacial score (nSPS) is 11.0. The van der Waals surface area contributed by atoms with E-state index in [1.165, 1.54) is 6.92 Å². The first kappa shape index (κ1) is 16.9. The summed E-state index contributed by atoms with van der Waals surface area (Å²) in [6.45, 7) is 0.879. The molecule has 0 aliphatic heterocycles. The maximum absolute atomic E-state index is 12.1. The summed E-state index contributed by atoms with van der Waals surface area (Å²) in [6, 6.07) is 0. The second-order valence-electron chi connectivity index (χ2n) is 4.31. The Bertz CT molecular complexity index is 683. The third kappa shape index (κ3) is 3.89. The lowest BCUT2D eigenvalue weighted by atomic mass is 10.4. The van der Waals surface area contributed by atoms with Gasteiger partial charge in [-0.2, -0.15) is 0 Å². The molecule has 0 aromatic carbocycles. The van der Waals surface area contributed by atoms with Crippen molar-refractivity contribution in [1.82, 2.24) is 13.7 Å². The molecule has 21 heavy (non-hydrogen) atoms. The Labute approximate surface area is 118 Å². The molecule has 0 saturated carbocycles. The SMILES string of the molecule is CCn1c(=O)n(CCC(=O)O)c(=O)n(CCC(O)O)c1=O. The topological polar surface area (TPSA) is 144 Å². The van der Waals surface area contributed by atoms with Crippen LogP contribution in [-0.4, -0.2) is 41.3 Å². The highest BCUT2D eigenvalue weighted by Crippen LogP contribution is 1.89. The minimum atomic E-state index is -1.70. The first-order valence-corrected chi connectivity index (χ1v) is 6.32. The molecule has 0 unspecified atom stereocenters. The minimum absolute atomic E-state index is 0.00664. The van der Waals surface area contributed by atoms with Gasteiger partial charge in [-0.05, 0) is 6.92 Å². The van der Waals surface area contributed by atoms with Gasteiger partial charge in [0.25, 0.3) is 0 Å². The molecule has 3 N–H and O–H groups in total. The molecule has 10 nitrogen and oxygen atoms in total. The van der Waals surface area contributed by atoms with Gasteiger partial charge >= 0.3 is 23.0 Å². The van der Waals surface area contributed by atoms with Crippen molar-refractivity contribution in [2.45, 2.75) is 45.7 Å². The molecule has 1 heterocycles. The molecule has 0 amide bonds. The van der Waals surface area contributed by atoms with Gasteiger partial charge in [-0.3, -0.25) is 4.79 Å². The number of hydrogen-bond donors (Lipinski definition) is 3. The smallest absolute Gasteiger partial charge is 0.336 e. The van der Waals surface area contributed by atoms with Crippen molar-refractivity contribution < 1.29 is 20.1 Å². The Morgan fingerprint density at radius 2 is 1.48 bits per heavy atom. The van der Waals surface area contributed by atoms with Gasteiger partial charge in [0.15, 0.2) is 6.29 Å². The zero-order chi connectivity index (χ0) is 16.2. The Hall–Kier alpha value is -2.20. The van der Waals surface area contributed by atoms with Gasteiger partial charge in [-0.15, -0.1) is 0 Å². The molecule has 0 fully saturated rings. The lowest BCUT2D eigenvalue weighted by Crippen LogP contribution is -2.54. The molecule has 1 aromatic rings. The summed E-state index contributed by atoms with van der Waals surface area (Å²) in [6.07, 6.45) is -2.42. The quantitative estimate of drug-likeness (QED) is 0.467. The number of nitrogens with zero attached hydrogens (tertiary/aromatic N) is 3. The molecule has 0 atom stereocenters. The molecule has 118 valence electrons. The van der Waals surface area contributed by atoms with Gasteiger partial charge in [0.05, 0.1) is 6.42 Å². The Kier molecular flexibility index (Phi) is 5.61. The van der Waals surface area contributed by atoms with Crippen LogP contribution in [0, 0.1) is 0 Å². The fraction of sp³-hybridized carbons (Fsp3) is 0.636. The van der Waals surface area contributed by atoms with E-state index in [2.05, 4.69) is 0 Å². The third-order valence-corrected chi connectivity index (χ3v) is 2.86. The average Bonchev–Trinajstić information content (AvgIpc) is 2.38. The zero-order valence-corrected chi connectivity index (χ0v) is 11.4. The Morgan fingerprint density at radius 1 is 1.00 bits per heavy atom. The fourth-order valence-electron chi connectivity index (χ4n) is 1.79. The van der Waals surface area contributed by atoms with Gasteiger partial charge in [0, 0.05) is 26.1 Å². The van der Waals surface area contributed by atoms with E-state index in [0.29, 0.717) is 9.13 Å².